The van der Waals surface area contributed by atoms with Gasteiger partial charge in [0.1, 0.15) is 23.9 Å². The van der Waals surface area contributed by atoms with Crippen LogP contribution in [0.3, 0.4) is 0 Å². The molecule has 0 spiro atoms. The molecule has 1 heterocycles. The van der Waals surface area contributed by atoms with Crippen molar-refractivity contribution in [1.29, 1.82) is 0 Å². The number of methoxy groups -OCH3 is 1. The zero-order chi connectivity index (χ0) is 28.0. The maximum Gasteiger partial charge on any atom is 0.338 e. The van der Waals surface area contributed by atoms with Crippen LogP contribution in [0.1, 0.15) is 27.0 Å². The summed E-state index contributed by atoms with van der Waals surface area (Å²) in [5.41, 5.74) is 1.89. The summed E-state index contributed by atoms with van der Waals surface area (Å²) in [7, 11) is 1.38. The molecule has 0 unspecified atom stereocenters. The molecule has 7 heteroatoms. The van der Waals surface area contributed by atoms with Gasteiger partial charge in [0, 0.05) is 7.11 Å². The lowest BCUT2D eigenvalue weighted by Gasteiger charge is -2.43. The average Bonchev–Trinajstić information content (AvgIpc) is 3.02. The van der Waals surface area contributed by atoms with Crippen LogP contribution < -0.4 is 0 Å². The maximum absolute atomic E-state index is 12.8. The summed E-state index contributed by atoms with van der Waals surface area (Å²) in [5.74, 6) is -0.674. The first-order valence-corrected chi connectivity index (χ1v) is 13.2. The van der Waals surface area contributed by atoms with Crippen molar-refractivity contribution in [3.8, 4) is 0 Å². The number of benzene rings is 4. The molecule has 0 amide bonds. The second kappa shape index (κ2) is 12.6. The maximum atomic E-state index is 12.8. The van der Waals surface area contributed by atoms with Gasteiger partial charge in [-0.3, -0.25) is 0 Å². The first-order chi connectivity index (χ1) is 19.5. The first-order valence-electron chi connectivity index (χ1n) is 13.2. The lowest BCUT2D eigenvalue weighted by atomic mass is 9.80. The van der Waals surface area contributed by atoms with Crippen LogP contribution in [-0.2, 0) is 24.5 Å². The fraction of sp³-hybridized carbons (Fsp3) is 0.242. The van der Waals surface area contributed by atoms with Crippen LogP contribution in [0.2, 0.25) is 0 Å². The molecule has 1 saturated heterocycles. The second-order valence-electron chi connectivity index (χ2n) is 9.59. The summed E-state index contributed by atoms with van der Waals surface area (Å²) in [6.45, 7) is -0.105. The summed E-state index contributed by atoms with van der Waals surface area (Å²) < 4.78 is 23.7. The summed E-state index contributed by atoms with van der Waals surface area (Å²) in [5, 5.41) is 22.2. The van der Waals surface area contributed by atoms with Crippen LogP contribution in [0.5, 0.6) is 0 Å². The van der Waals surface area contributed by atoms with E-state index >= 15 is 0 Å². The van der Waals surface area contributed by atoms with Crippen LogP contribution in [0.4, 0.5) is 0 Å². The SMILES string of the molecule is CO[C@H]1O[C@H](COC(c2ccccc2)(c2ccccc2)c2ccccc2)[C@H](O)[C@H](OC(=O)c2ccccc2)[C@H]1O. The fourth-order valence-electron chi connectivity index (χ4n) is 5.12. The highest BCUT2D eigenvalue weighted by Gasteiger charge is 2.48. The first kappa shape index (κ1) is 27.7. The third-order valence-electron chi connectivity index (χ3n) is 7.13. The van der Waals surface area contributed by atoms with Gasteiger partial charge in [0.05, 0.1) is 12.2 Å². The standard InChI is InChI=1S/C33H32O7/c1-37-32-29(35)30(40-31(36)23-14-6-2-7-15-23)28(34)27(39-32)22-38-33(24-16-8-3-9-17-24,25-18-10-4-11-19-25)26-20-12-5-13-21-26/h2-21,27-30,32,34-35H,22H2,1H3/t27-,28+,29-,30+,32+/m1/s1. The molecule has 7 nitrogen and oxygen atoms in total. The quantitative estimate of drug-likeness (QED) is 0.241. The molecule has 4 aromatic carbocycles. The molecular formula is C33H32O7. The number of aliphatic hydroxyl groups is 2. The van der Waals surface area contributed by atoms with Gasteiger partial charge in [-0.1, -0.05) is 109 Å². The van der Waals surface area contributed by atoms with Crippen LogP contribution in [0.15, 0.2) is 121 Å². The van der Waals surface area contributed by atoms with E-state index in [0.29, 0.717) is 5.56 Å². The molecule has 0 bridgehead atoms. The minimum absolute atomic E-state index is 0.105. The molecule has 206 valence electrons. The van der Waals surface area contributed by atoms with Crippen molar-refractivity contribution in [3.63, 3.8) is 0 Å². The minimum Gasteiger partial charge on any atom is -0.453 e. The summed E-state index contributed by atoms with van der Waals surface area (Å²) in [6, 6.07) is 37.8. The van der Waals surface area contributed by atoms with Gasteiger partial charge >= 0.3 is 5.97 Å². The van der Waals surface area contributed by atoms with E-state index in [0.717, 1.165) is 16.7 Å². The smallest absolute Gasteiger partial charge is 0.338 e. The lowest BCUT2D eigenvalue weighted by molar-refractivity contribution is -0.298. The highest BCUT2D eigenvalue weighted by molar-refractivity contribution is 5.89. The van der Waals surface area contributed by atoms with Gasteiger partial charge in [-0.05, 0) is 28.8 Å². The van der Waals surface area contributed by atoms with Gasteiger partial charge in [-0.25, -0.2) is 4.79 Å². The van der Waals surface area contributed by atoms with Crippen LogP contribution in [0.25, 0.3) is 0 Å². The summed E-state index contributed by atoms with van der Waals surface area (Å²) in [6.07, 6.45) is -6.25. The van der Waals surface area contributed by atoms with Crippen molar-refractivity contribution in [2.75, 3.05) is 13.7 Å². The van der Waals surface area contributed by atoms with E-state index in [2.05, 4.69) is 0 Å². The van der Waals surface area contributed by atoms with Gasteiger partial charge in [0.2, 0.25) is 0 Å². The van der Waals surface area contributed by atoms with Crippen molar-refractivity contribution in [2.45, 2.75) is 36.3 Å². The zero-order valence-corrected chi connectivity index (χ0v) is 22.1. The van der Waals surface area contributed by atoms with Crippen molar-refractivity contribution < 1.29 is 34.0 Å². The summed E-state index contributed by atoms with van der Waals surface area (Å²) >= 11 is 0. The second-order valence-corrected chi connectivity index (χ2v) is 9.59. The Morgan fingerprint density at radius 3 is 1.62 bits per heavy atom. The predicted octanol–water partition coefficient (Wildman–Crippen LogP) is 4.31. The highest BCUT2D eigenvalue weighted by atomic mass is 16.7. The Balaban J connectivity index is 1.48. The van der Waals surface area contributed by atoms with Crippen molar-refractivity contribution in [1.82, 2.24) is 0 Å². The Morgan fingerprint density at radius 2 is 1.18 bits per heavy atom. The molecule has 5 rings (SSSR count). The van der Waals surface area contributed by atoms with E-state index in [9.17, 15) is 15.0 Å². The number of hydrogen-bond acceptors (Lipinski definition) is 7. The molecular weight excluding hydrogens is 508 g/mol. The monoisotopic (exact) mass is 540 g/mol. The largest absolute Gasteiger partial charge is 0.453 e. The molecule has 5 atom stereocenters. The zero-order valence-electron chi connectivity index (χ0n) is 22.1. The highest BCUT2D eigenvalue weighted by Crippen LogP contribution is 2.41. The number of ether oxygens (including phenoxy) is 4. The summed E-state index contributed by atoms with van der Waals surface area (Å²) in [4.78, 5) is 12.8. The van der Waals surface area contributed by atoms with E-state index < -0.39 is 42.3 Å². The van der Waals surface area contributed by atoms with Crippen LogP contribution >= 0.6 is 0 Å². The molecule has 2 N–H and O–H groups in total. The van der Waals surface area contributed by atoms with Gasteiger partial charge in [-0.2, -0.15) is 0 Å². The van der Waals surface area contributed by atoms with Gasteiger partial charge in [-0.15, -0.1) is 0 Å². The lowest BCUT2D eigenvalue weighted by Crippen LogP contribution is -2.60. The van der Waals surface area contributed by atoms with E-state index in [1.165, 1.54) is 7.11 Å². The van der Waals surface area contributed by atoms with Crippen LogP contribution in [0, 0.1) is 0 Å². The van der Waals surface area contributed by atoms with Gasteiger partial charge < -0.3 is 29.2 Å². The Morgan fingerprint density at radius 1 is 0.725 bits per heavy atom. The Hall–Kier alpha value is -3.85. The topological polar surface area (TPSA) is 94.5 Å². The number of hydrogen-bond donors (Lipinski definition) is 2. The molecule has 0 saturated carbocycles. The number of aliphatic hydroxyl groups excluding tert-OH is 2. The molecule has 1 aliphatic rings. The van der Waals surface area contributed by atoms with Gasteiger partial charge in [0.25, 0.3) is 0 Å². The number of carbonyl (C=O) groups excluding carboxylic acids is 1. The number of esters is 1. The normalized spacial score (nSPS) is 22.9. The average molecular weight is 541 g/mol. The molecule has 0 radical (unpaired) electrons. The van der Waals surface area contributed by atoms with Crippen molar-refractivity contribution in [3.05, 3.63) is 144 Å². The van der Waals surface area contributed by atoms with E-state index in [1.54, 1.807) is 30.3 Å². The molecule has 40 heavy (non-hydrogen) atoms. The van der Waals surface area contributed by atoms with Crippen LogP contribution in [-0.4, -0.2) is 60.6 Å². The van der Waals surface area contributed by atoms with E-state index in [4.69, 9.17) is 18.9 Å². The third-order valence-corrected chi connectivity index (χ3v) is 7.13. The number of carbonyl (C=O) groups is 1. The Kier molecular flexibility index (Phi) is 8.69. The van der Waals surface area contributed by atoms with Gasteiger partial charge in [0.15, 0.2) is 12.4 Å². The fourth-order valence-corrected chi connectivity index (χ4v) is 5.12. The van der Waals surface area contributed by atoms with E-state index in [1.807, 2.05) is 91.0 Å². The Labute approximate surface area is 233 Å². The molecule has 0 aliphatic carbocycles. The minimum atomic E-state index is -1.41. The van der Waals surface area contributed by atoms with Crippen molar-refractivity contribution in [2.24, 2.45) is 0 Å². The van der Waals surface area contributed by atoms with E-state index in [-0.39, 0.29) is 6.61 Å². The molecule has 1 fully saturated rings. The third kappa shape index (κ3) is 5.56. The molecule has 1 aliphatic heterocycles. The molecule has 4 aromatic rings. The van der Waals surface area contributed by atoms with Crippen molar-refractivity contribution >= 4 is 5.97 Å². The molecule has 0 aromatic heterocycles. The number of rotatable bonds is 9. The Bertz CT molecular complexity index is 1250. The predicted molar refractivity (Wildman–Crippen MR) is 148 cm³/mol.